The van der Waals surface area contributed by atoms with Gasteiger partial charge in [0.05, 0.1) is 12.0 Å². The summed E-state index contributed by atoms with van der Waals surface area (Å²) in [6, 6.07) is 3.29. The van der Waals surface area contributed by atoms with Crippen molar-refractivity contribution in [1.29, 1.82) is 0 Å². The highest BCUT2D eigenvalue weighted by Gasteiger charge is 2.19. The lowest BCUT2D eigenvalue weighted by Crippen LogP contribution is -2.28. The van der Waals surface area contributed by atoms with E-state index in [1.807, 2.05) is 6.92 Å². The Morgan fingerprint density at radius 3 is 2.33 bits per heavy atom. The van der Waals surface area contributed by atoms with Crippen LogP contribution in [0, 0.1) is 13.8 Å². The molecule has 0 aromatic heterocycles. The van der Waals surface area contributed by atoms with Gasteiger partial charge in [0.25, 0.3) is 0 Å². The lowest BCUT2D eigenvalue weighted by atomic mass is 10.1. The number of rotatable bonds is 6. The van der Waals surface area contributed by atoms with Crippen LogP contribution in [0.1, 0.15) is 31.9 Å². The van der Waals surface area contributed by atoms with E-state index in [1.165, 1.54) is 0 Å². The smallest absolute Gasteiger partial charge is 0.240 e. The van der Waals surface area contributed by atoms with Gasteiger partial charge in [-0.15, -0.1) is 0 Å². The number of ether oxygens (including phenoxy) is 1. The second-order valence-electron chi connectivity index (χ2n) is 5.87. The van der Waals surface area contributed by atoms with E-state index in [-0.39, 0.29) is 4.75 Å². The Kier molecular flexibility index (Phi) is 6.13. The Morgan fingerprint density at radius 2 is 1.81 bits per heavy atom. The molecule has 1 aromatic carbocycles. The first-order chi connectivity index (χ1) is 9.58. The van der Waals surface area contributed by atoms with Gasteiger partial charge in [-0.3, -0.25) is 0 Å². The molecule has 0 atom stereocenters. The topological polar surface area (TPSA) is 55.4 Å². The zero-order valence-electron chi connectivity index (χ0n) is 13.6. The van der Waals surface area contributed by atoms with Gasteiger partial charge in [0.1, 0.15) is 5.75 Å². The summed E-state index contributed by atoms with van der Waals surface area (Å²) in [5.41, 5.74) is 1.58. The van der Waals surface area contributed by atoms with Crippen molar-refractivity contribution in [3.8, 4) is 5.75 Å². The molecule has 1 aromatic rings. The molecule has 21 heavy (non-hydrogen) atoms. The molecular weight excluding hydrogens is 306 g/mol. The fourth-order valence-electron chi connectivity index (χ4n) is 1.89. The van der Waals surface area contributed by atoms with E-state index in [4.69, 9.17) is 4.74 Å². The third kappa shape index (κ3) is 5.20. The highest BCUT2D eigenvalue weighted by Crippen LogP contribution is 2.27. The van der Waals surface area contributed by atoms with Crippen LogP contribution in [0.15, 0.2) is 17.0 Å². The maximum atomic E-state index is 12.4. The fourth-order valence-corrected chi connectivity index (χ4v) is 4.17. The number of methoxy groups -OCH3 is 1. The Morgan fingerprint density at radius 1 is 1.19 bits per heavy atom. The minimum atomic E-state index is -3.48. The number of hydrogen-bond acceptors (Lipinski definition) is 4. The predicted molar refractivity (Wildman–Crippen MR) is 89.9 cm³/mol. The number of hydrogen-bond donors (Lipinski definition) is 1. The lowest BCUT2D eigenvalue weighted by Gasteiger charge is -2.18. The normalized spacial score (nSPS) is 12.5. The average Bonchev–Trinajstić information content (AvgIpc) is 2.36. The summed E-state index contributed by atoms with van der Waals surface area (Å²) in [5, 5.41) is 0. The lowest BCUT2D eigenvalue weighted by molar-refractivity contribution is 0.410. The van der Waals surface area contributed by atoms with E-state index in [0.29, 0.717) is 17.2 Å². The maximum absolute atomic E-state index is 12.4. The Labute approximate surface area is 132 Å². The molecule has 0 radical (unpaired) electrons. The highest BCUT2D eigenvalue weighted by atomic mass is 32.2. The van der Waals surface area contributed by atoms with Crippen molar-refractivity contribution in [1.82, 2.24) is 4.72 Å². The van der Waals surface area contributed by atoms with Crippen LogP contribution in [0.5, 0.6) is 5.75 Å². The number of nitrogens with one attached hydrogen (secondary N) is 1. The summed E-state index contributed by atoms with van der Waals surface area (Å²) >= 11 is 1.74. The van der Waals surface area contributed by atoms with E-state index in [0.717, 1.165) is 16.9 Å². The quantitative estimate of drug-likeness (QED) is 0.814. The molecule has 6 heteroatoms. The zero-order chi connectivity index (χ0) is 16.3. The van der Waals surface area contributed by atoms with Crippen LogP contribution in [0.2, 0.25) is 0 Å². The summed E-state index contributed by atoms with van der Waals surface area (Å²) < 4.78 is 32.7. The van der Waals surface area contributed by atoms with Crippen LogP contribution in [-0.4, -0.2) is 32.6 Å². The number of benzene rings is 1. The van der Waals surface area contributed by atoms with Crippen molar-refractivity contribution in [2.75, 3.05) is 19.4 Å². The van der Waals surface area contributed by atoms with Crippen molar-refractivity contribution < 1.29 is 13.2 Å². The largest absolute Gasteiger partial charge is 0.496 e. The Balaban J connectivity index is 2.82. The second kappa shape index (κ2) is 7.03. The Hall–Kier alpha value is -0.720. The molecule has 0 bridgehead atoms. The molecule has 4 nitrogen and oxygen atoms in total. The average molecular weight is 332 g/mol. The first kappa shape index (κ1) is 18.3. The third-order valence-electron chi connectivity index (χ3n) is 3.13. The van der Waals surface area contributed by atoms with Crippen LogP contribution < -0.4 is 9.46 Å². The summed E-state index contributed by atoms with van der Waals surface area (Å²) in [6.07, 6.45) is 0. The molecule has 0 spiro atoms. The van der Waals surface area contributed by atoms with Crippen molar-refractivity contribution >= 4 is 21.8 Å². The molecule has 120 valence electrons. The summed E-state index contributed by atoms with van der Waals surface area (Å²) in [4.78, 5) is 0.321. The summed E-state index contributed by atoms with van der Waals surface area (Å²) in [7, 11) is -1.89. The van der Waals surface area contributed by atoms with E-state index in [9.17, 15) is 8.42 Å². The number of thioether (sulfide) groups is 1. The minimum Gasteiger partial charge on any atom is -0.496 e. The molecule has 1 N–H and O–H groups in total. The third-order valence-corrected chi connectivity index (χ3v) is 6.01. The van der Waals surface area contributed by atoms with Crippen molar-refractivity contribution in [3.05, 3.63) is 23.3 Å². The molecule has 0 aliphatic heterocycles. The maximum Gasteiger partial charge on any atom is 0.240 e. The monoisotopic (exact) mass is 331 g/mol. The van der Waals surface area contributed by atoms with Crippen molar-refractivity contribution in [3.63, 3.8) is 0 Å². The molecule has 0 heterocycles. The summed E-state index contributed by atoms with van der Waals surface area (Å²) in [5.74, 6) is 1.45. The van der Waals surface area contributed by atoms with Gasteiger partial charge in [-0.05, 0) is 37.1 Å². The van der Waals surface area contributed by atoms with Gasteiger partial charge < -0.3 is 4.74 Å². The number of sulfonamides is 1. The van der Waals surface area contributed by atoms with Gasteiger partial charge in [0.2, 0.25) is 10.0 Å². The molecule has 0 saturated carbocycles. The predicted octanol–water partition coefficient (Wildman–Crippen LogP) is 3.12. The van der Waals surface area contributed by atoms with Gasteiger partial charge in [0.15, 0.2) is 0 Å². The summed E-state index contributed by atoms with van der Waals surface area (Å²) in [6.45, 7) is 10.4. The van der Waals surface area contributed by atoms with Gasteiger partial charge in [-0.25, -0.2) is 13.1 Å². The van der Waals surface area contributed by atoms with Crippen LogP contribution >= 0.6 is 11.8 Å². The van der Waals surface area contributed by atoms with Crippen LogP contribution in [0.4, 0.5) is 0 Å². The standard InChI is InChI=1S/C15H25NO3S2/c1-11-12(2)14(8-7-13(11)19-6)21(17,18)16-9-10-20-15(3,4)5/h7-8,16H,9-10H2,1-6H3. The second-order valence-corrected chi connectivity index (χ2v) is 9.53. The van der Waals surface area contributed by atoms with E-state index < -0.39 is 10.0 Å². The van der Waals surface area contributed by atoms with Crippen LogP contribution in [0.25, 0.3) is 0 Å². The van der Waals surface area contributed by atoms with Gasteiger partial charge in [-0.2, -0.15) is 11.8 Å². The highest BCUT2D eigenvalue weighted by molar-refractivity contribution is 8.00. The van der Waals surface area contributed by atoms with Crippen molar-refractivity contribution in [2.24, 2.45) is 0 Å². The van der Waals surface area contributed by atoms with Gasteiger partial charge in [-0.1, -0.05) is 20.8 Å². The van der Waals surface area contributed by atoms with Crippen LogP contribution in [-0.2, 0) is 10.0 Å². The first-order valence-electron chi connectivity index (χ1n) is 6.86. The van der Waals surface area contributed by atoms with E-state index >= 15 is 0 Å². The van der Waals surface area contributed by atoms with Gasteiger partial charge >= 0.3 is 0 Å². The molecule has 0 aliphatic carbocycles. The Bertz CT molecular complexity index is 590. The van der Waals surface area contributed by atoms with Crippen molar-refractivity contribution in [2.45, 2.75) is 44.3 Å². The van der Waals surface area contributed by atoms with Gasteiger partial charge in [0, 0.05) is 17.0 Å². The fraction of sp³-hybridized carbons (Fsp3) is 0.600. The van der Waals surface area contributed by atoms with E-state index in [1.54, 1.807) is 37.9 Å². The molecule has 1 rings (SSSR count). The molecular formula is C15H25NO3S2. The minimum absolute atomic E-state index is 0.137. The molecule has 0 saturated heterocycles. The zero-order valence-corrected chi connectivity index (χ0v) is 15.2. The molecule has 0 fully saturated rings. The molecule has 0 unspecified atom stereocenters. The van der Waals surface area contributed by atoms with E-state index in [2.05, 4.69) is 25.5 Å². The SMILES string of the molecule is COc1ccc(S(=O)(=O)NCCSC(C)(C)C)c(C)c1C. The molecule has 0 amide bonds. The van der Waals surface area contributed by atoms with Crippen LogP contribution in [0.3, 0.4) is 0 Å². The first-order valence-corrected chi connectivity index (χ1v) is 9.33. The molecule has 0 aliphatic rings.